The number of benzene rings is 1. The third kappa shape index (κ3) is 4.03. The molecule has 1 aromatic carbocycles. The minimum Gasteiger partial charge on any atom is -0.456 e. The van der Waals surface area contributed by atoms with Crippen LogP contribution in [-0.4, -0.2) is 29.6 Å². The van der Waals surface area contributed by atoms with Gasteiger partial charge in [0.1, 0.15) is 10.6 Å². The van der Waals surface area contributed by atoms with Gasteiger partial charge in [0, 0.05) is 24.0 Å². The number of ether oxygens (including phenoxy) is 1. The van der Waals surface area contributed by atoms with Crippen LogP contribution in [0.2, 0.25) is 0 Å². The van der Waals surface area contributed by atoms with E-state index in [0.29, 0.717) is 17.1 Å². The quantitative estimate of drug-likeness (QED) is 0.778. The fourth-order valence-corrected chi connectivity index (χ4v) is 4.99. The van der Waals surface area contributed by atoms with Crippen LogP contribution in [0.15, 0.2) is 30.3 Å². The van der Waals surface area contributed by atoms with E-state index in [1.54, 1.807) is 0 Å². The summed E-state index contributed by atoms with van der Waals surface area (Å²) in [5.41, 5.74) is 14.7. The molecule has 2 aromatic rings. The number of hydrogen-bond acceptors (Lipinski definition) is 6. The molecule has 1 aliphatic heterocycles. The monoisotopic (exact) mass is 387 g/mol. The van der Waals surface area contributed by atoms with Crippen LogP contribution >= 0.6 is 11.3 Å². The van der Waals surface area contributed by atoms with Crippen LogP contribution < -0.4 is 11.5 Å². The van der Waals surface area contributed by atoms with Crippen molar-refractivity contribution < 1.29 is 9.53 Å². The highest BCUT2D eigenvalue weighted by Crippen LogP contribution is 2.44. The summed E-state index contributed by atoms with van der Waals surface area (Å²) in [6.45, 7) is 9.12. The average molecular weight is 388 g/mol. The Kier molecular flexibility index (Phi) is 5.60. The predicted octanol–water partition coefficient (Wildman–Crippen LogP) is 3.90. The second-order valence-corrected chi connectivity index (χ2v) is 9.10. The molecule has 0 bridgehead atoms. The largest absolute Gasteiger partial charge is 0.456 e. The van der Waals surface area contributed by atoms with E-state index >= 15 is 0 Å². The van der Waals surface area contributed by atoms with Crippen molar-refractivity contribution in [3.8, 4) is 0 Å². The van der Waals surface area contributed by atoms with Crippen LogP contribution in [0.1, 0.15) is 66.1 Å². The molecular formula is C21H29N3O2S. The van der Waals surface area contributed by atoms with Crippen LogP contribution in [0.5, 0.6) is 0 Å². The third-order valence-corrected chi connectivity index (χ3v) is 6.16. The fourth-order valence-electron chi connectivity index (χ4n) is 3.75. The van der Waals surface area contributed by atoms with Gasteiger partial charge in [0.05, 0.1) is 11.6 Å². The minimum atomic E-state index is -0.547. The first-order chi connectivity index (χ1) is 12.7. The van der Waals surface area contributed by atoms with Crippen molar-refractivity contribution in [1.29, 1.82) is 0 Å². The number of esters is 1. The topological polar surface area (TPSA) is 81.6 Å². The molecule has 6 heteroatoms. The summed E-state index contributed by atoms with van der Waals surface area (Å²) in [4.78, 5) is 16.2. The Morgan fingerprint density at radius 3 is 2.59 bits per heavy atom. The molecule has 0 radical (unpaired) electrons. The van der Waals surface area contributed by atoms with Gasteiger partial charge in [-0.1, -0.05) is 30.3 Å². The van der Waals surface area contributed by atoms with Crippen LogP contribution in [0.25, 0.3) is 0 Å². The maximum absolute atomic E-state index is 12.7. The second-order valence-electron chi connectivity index (χ2n) is 8.01. The lowest BCUT2D eigenvalue weighted by Crippen LogP contribution is -2.40. The lowest BCUT2D eigenvalue weighted by Gasteiger charge is -2.39. The molecule has 1 unspecified atom stereocenters. The number of nitrogens with zero attached hydrogens (tertiary/aromatic N) is 1. The molecule has 1 aliphatic rings. The molecule has 3 rings (SSSR count). The summed E-state index contributed by atoms with van der Waals surface area (Å²) < 4.78 is 5.58. The number of nitrogens with two attached hydrogens (primary N) is 2. The van der Waals surface area contributed by atoms with Gasteiger partial charge < -0.3 is 16.2 Å². The van der Waals surface area contributed by atoms with E-state index in [4.69, 9.17) is 16.2 Å². The summed E-state index contributed by atoms with van der Waals surface area (Å²) >= 11 is 1.48. The molecule has 0 saturated carbocycles. The zero-order valence-electron chi connectivity index (χ0n) is 16.5. The van der Waals surface area contributed by atoms with Crippen molar-refractivity contribution in [3.63, 3.8) is 0 Å². The molecule has 1 aromatic heterocycles. The average Bonchev–Trinajstić information content (AvgIpc) is 2.95. The van der Waals surface area contributed by atoms with Crippen molar-refractivity contribution in [2.75, 3.05) is 18.8 Å². The summed E-state index contributed by atoms with van der Waals surface area (Å²) in [5.74, 6) is -0.335. The SMILES string of the molecule is C[C@@H](c1ccccc1)N1CCc2c(sc(N)c2C(=O)OC(C)(C)C)C1CN. The summed E-state index contributed by atoms with van der Waals surface area (Å²) in [6, 6.07) is 10.7. The first kappa shape index (κ1) is 19.9. The summed E-state index contributed by atoms with van der Waals surface area (Å²) in [7, 11) is 0. The van der Waals surface area contributed by atoms with Gasteiger partial charge in [0.2, 0.25) is 0 Å². The number of carbonyl (C=O) groups excluding carboxylic acids is 1. The Balaban J connectivity index is 1.93. The van der Waals surface area contributed by atoms with Gasteiger partial charge >= 0.3 is 5.97 Å². The molecule has 0 spiro atoms. The predicted molar refractivity (Wildman–Crippen MR) is 111 cm³/mol. The van der Waals surface area contributed by atoms with E-state index in [1.807, 2.05) is 26.8 Å². The first-order valence-corrected chi connectivity index (χ1v) is 10.2. The van der Waals surface area contributed by atoms with E-state index in [0.717, 1.165) is 23.4 Å². The molecule has 2 atom stereocenters. The number of nitrogen functional groups attached to an aromatic ring is 1. The number of thiophene rings is 1. The van der Waals surface area contributed by atoms with Crippen LogP contribution in [0.4, 0.5) is 5.00 Å². The molecule has 146 valence electrons. The van der Waals surface area contributed by atoms with E-state index < -0.39 is 5.60 Å². The molecule has 27 heavy (non-hydrogen) atoms. The second kappa shape index (κ2) is 7.62. The van der Waals surface area contributed by atoms with Crippen LogP contribution in [-0.2, 0) is 11.2 Å². The number of fused-ring (bicyclic) bond motifs is 1. The van der Waals surface area contributed by atoms with E-state index in [9.17, 15) is 4.79 Å². The van der Waals surface area contributed by atoms with Crippen LogP contribution in [0, 0.1) is 0 Å². The Morgan fingerprint density at radius 2 is 2.00 bits per heavy atom. The Morgan fingerprint density at radius 1 is 1.33 bits per heavy atom. The molecule has 5 nitrogen and oxygen atoms in total. The van der Waals surface area contributed by atoms with Crippen molar-refractivity contribution in [2.24, 2.45) is 5.73 Å². The Hall–Kier alpha value is -1.89. The number of rotatable bonds is 4. The fraction of sp³-hybridized carbons (Fsp3) is 0.476. The molecule has 0 amide bonds. The standard InChI is InChI=1S/C21H29N3O2S/c1-13(14-8-6-5-7-9-14)24-11-10-15-17(20(25)26-21(2,3)4)19(23)27-18(15)16(24)12-22/h5-9,13,16H,10-12,22-23H2,1-4H3/t13-,16?/m0/s1. The highest BCUT2D eigenvalue weighted by Gasteiger charge is 2.36. The molecular weight excluding hydrogens is 358 g/mol. The Labute approximate surface area is 165 Å². The summed E-state index contributed by atoms with van der Waals surface area (Å²) in [6.07, 6.45) is 0.769. The van der Waals surface area contributed by atoms with Crippen molar-refractivity contribution in [3.05, 3.63) is 51.9 Å². The van der Waals surface area contributed by atoms with Crippen molar-refractivity contribution in [2.45, 2.75) is 51.8 Å². The lowest BCUT2D eigenvalue weighted by molar-refractivity contribution is 0.00691. The smallest absolute Gasteiger partial charge is 0.341 e. The molecule has 2 heterocycles. The van der Waals surface area contributed by atoms with Gasteiger partial charge in [-0.15, -0.1) is 11.3 Å². The zero-order chi connectivity index (χ0) is 19.8. The normalized spacial score (nSPS) is 18.8. The van der Waals surface area contributed by atoms with E-state index in [1.165, 1.54) is 16.9 Å². The van der Waals surface area contributed by atoms with Crippen molar-refractivity contribution >= 4 is 22.3 Å². The van der Waals surface area contributed by atoms with Crippen LogP contribution in [0.3, 0.4) is 0 Å². The van der Waals surface area contributed by atoms with Gasteiger partial charge in [0.15, 0.2) is 0 Å². The maximum Gasteiger partial charge on any atom is 0.341 e. The number of anilines is 1. The van der Waals surface area contributed by atoms with Gasteiger partial charge in [0.25, 0.3) is 0 Å². The first-order valence-electron chi connectivity index (χ1n) is 9.38. The summed E-state index contributed by atoms with van der Waals surface area (Å²) in [5, 5.41) is 0.530. The molecule has 0 fully saturated rings. The maximum atomic E-state index is 12.7. The highest BCUT2D eigenvalue weighted by molar-refractivity contribution is 7.16. The third-order valence-electron chi connectivity index (χ3n) is 4.99. The number of carbonyl (C=O) groups is 1. The lowest BCUT2D eigenvalue weighted by atomic mass is 9.94. The molecule has 4 N–H and O–H groups in total. The highest BCUT2D eigenvalue weighted by atomic mass is 32.1. The number of hydrogen-bond donors (Lipinski definition) is 2. The van der Waals surface area contributed by atoms with E-state index in [-0.39, 0.29) is 18.1 Å². The zero-order valence-corrected chi connectivity index (χ0v) is 17.3. The molecule has 0 saturated heterocycles. The van der Waals surface area contributed by atoms with Gasteiger partial charge in [-0.2, -0.15) is 0 Å². The van der Waals surface area contributed by atoms with Gasteiger partial charge in [-0.3, -0.25) is 4.90 Å². The Bertz CT molecular complexity index is 811. The molecule has 0 aliphatic carbocycles. The minimum absolute atomic E-state index is 0.0486. The van der Waals surface area contributed by atoms with Gasteiger partial charge in [-0.25, -0.2) is 4.79 Å². The van der Waals surface area contributed by atoms with E-state index in [2.05, 4.69) is 36.1 Å². The van der Waals surface area contributed by atoms with Crippen molar-refractivity contribution in [1.82, 2.24) is 4.90 Å². The van der Waals surface area contributed by atoms with Gasteiger partial charge in [-0.05, 0) is 45.2 Å².